The Kier molecular flexibility index (Phi) is 4.86. The molecule has 72 valence electrons. The molecule has 0 aliphatic heterocycles. The maximum Gasteiger partial charge on any atom is 0.379 e. The zero-order chi connectivity index (χ0) is 9.23. The van der Waals surface area contributed by atoms with Gasteiger partial charge in [-0.1, -0.05) is 20.8 Å². The van der Waals surface area contributed by atoms with Crippen molar-refractivity contribution < 1.29 is 14.8 Å². The largest absolute Gasteiger partial charge is 0.476 e. The van der Waals surface area contributed by atoms with E-state index in [1.54, 1.807) is 0 Å². The lowest BCUT2D eigenvalue weighted by Crippen LogP contribution is -2.40. The highest BCUT2D eigenvalue weighted by Gasteiger charge is 2.41. The molecule has 0 aliphatic carbocycles. The van der Waals surface area contributed by atoms with Gasteiger partial charge in [0.2, 0.25) is 0 Å². The van der Waals surface area contributed by atoms with Gasteiger partial charge in [-0.2, -0.15) is 0 Å². The van der Waals surface area contributed by atoms with Crippen molar-refractivity contribution in [3.63, 3.8) is 0 Å². The Morgan fingerprint density at radius 3 is 1.83 bits per heavy atom. The second-order valence-electron chi connectivity index (χ2n) is 3.39. The molecule has 0 bridgehead atoms. The summed E-state index contributed by atoms with van der Waals surface area (Å²) in [4.78, 5) is 19.8. The molecule has 0 heterocycles. The molecule has 0 saturated carbocycles. The fraction of sp³-hybridized carbons (Fsp3) is 0.833. The van der Waals surface area contributed by atoms with Crippen molar-refractivity contribution in [2.75, 3.05) is 0 Å². The summed E-state index contributed by atoms with van der Waals surface area (Å²) in [6.45, 7) is 4.57. The minimum absolute atomic E-state index is 0. The number of carboxylic acids is 1. The summed E-state index contributed by atoms with van der Waals surface area (Å²) in [5, 5.41) is 18.6. The number of hydrogen-bond acceptors (Lipinski definition) is 3. The van der Waals surface area contributed by atoms with Crippen molar-refractivity contribution >= 4 is 18.4 Å². The van der Waals surface area contributed by atoms with Gasteiger partial charge in [0.1, 0.15) is 0 Å². The minimum atomic E-state index is -1.53. The van der Waals surface area contributed by atoms with Crippen LogP contribution in [0, 0.1) is 15.5 Å². The second kappa shape index (κ2) is 4.25. The van der Waals surface area contributed by atoms with Crippen LogP contribution in [0.2, 0.25) is 0 Å². The van der Waals surface area contributed by atoms with Gasteiger partial charge in [-0.3, -0.25) is 10.1 Å². The van der Waals surface area contributed by atoms with Crippen molar-refractivity contribution in [3.8, 4) is 0 Å². The molecule has 0 amide bonds. The minimum Gasteiger partial charge on any atom is -0.476 e. The van der Waals surface area contributed by atoms with Crippen LogP contribution in [0.3, 0.4) is 0 Å². The van der Waals surface area contributed by atoms with Gasteiger partial charge in [0.25, 0.3) is 0 Å². The molecular weight excluding hydrogens is 186 g/mol. The van der Waals surface area contributed by atoms with Crippen LogP contribution in [0.25, 0.3) is 0 Å². The van der Waals surface area contributed by atoms with E-state index in [0.29, 0.717) is 0 Å². The molecule has 0 aromatic carbocycles. The van der Waals surface area contributed by atoms with Crippen LogP contribution in [0.1, 0.15) is 20.8 Å². The Balaban J connectivity index is 0. The van der Waals surface area contributed by atoms with E-state index < -0.39 is 22.3 Å². The highest BCUT2D eigenvalue weighted by atomic mass is 35.5. The van der Waals surface area contributed by atoms with E-state index in [1.807, 2.05) is 0 Å². The van der Waals surface area contributed by atoms with Crippen LogP contribution in [-0.2, 0) is 4.79 Å². The topological polar surface area (TPSA) is 80.4 Å². The summed E-state index contributed by atoms with van der Waals surface area (Å²) < 4.78 is 0. The molecule has 1 atom stereocenters. The van der Waals surface area contributed by atoms with Crippen molar-refractivity contribution in [2.45, 2.75) is 26.8 Å². The molecule has 6 heteroatoms. The predicted molar refractivity (Wildman–Crippen MR) is 45.1 cm³/mol. The van der Waals surface area contributed by atoms with Crippen LogP contribution in [0.5, 0.6) is 0 Å². The number of carboxylic acid groups (broad SMARTS) is 1. The van der Waals surface area contributed by atoms with E-state index >= 15 is 0 Å². The van der Waals surface area contributed by atoms with Crippen LogP contribution < -0.4 is 0 Å². The average Bonchev–Trinajstić information content (AvgIpc) is 1.54. The van der Waals surface area contributed by atoms with Crippen molar-refractivity contribution in [1.29, 1.82) is 0 Å². The van der Waals surface area contributed by atoms with Crippen molar-refractivity contribution in [1.82, 2.24) is 0 Å². The summed E-state index contributed by atoms with van der Waals surface area (Å²) in [5.41, 5.74) is -0.838. The first-order chi connectivity index (χ1) is 4.76. The molecule has 0 spiro atoms. The zero-order valence-corrected chi connectivity index (χ0v) is 7.92. The van der Waals surface area contributed by atoms with Gasteiger partial charge in [-0.05, 0) is 0 Å². The number of hydrogen-bond donors (Lipinski definition) is 1. The Bertz CT molecular complexity index is 172. The highest BCUT2D eigenvalue weighted by molar-refractivity contribution is 5.85. The highest BCUT2D eigenvalue weighted by Crippen LogP contribution is 2.21. The van der Waals surface area contributed by atoms with Gasteiger partial charge >= 0.3 is 12.0 Å². The molecule has 12 heavy (non-hydrogen) atoms. The normalized spacial score (nSPS) is 12.9. The lowest BCUT2D eigenvalue weighted by atomic mass is 9.87. The Labute approximate surface area is 76.3 Å². The third-order valence-corrected chi connectivity index (χ3v) is 1.27. The molecule has 0 aliphatic rings. The van der Waals surface area contributed by atoms with E-state index in [0.717, 1.165) is 0 Å². The first-order valence-electron chi connectivity index (χ1n) is 3.13. The molecule has 0 radical (unpaired) electrons. The summed E-state index contributed by atoms with van der Waals surface area (Å²) in [6, 6.07) is -1.53. The van der Waals surface area contributed by atoms with E-state index in [2.05, 4.69) is 0 Å². The van der Waals surface area contributed by atoms with Crippen molar-refractivity contribution in [2.24, 2.45) is 5.41 Å². The predicted octanol–water partition coefficient (Wildman–Crippen LogP) is 1.18. The standard InChI is InChI=1S/C6H11NO4.ClH/c1-6(2,3)4(5(8)9)7(10)11;/h4H,1-3H3,(H,8,9);1H. The van der Waals surface area contributed by atoms with Crippen LogP contribution in [-0.4, -0.2) is 22.0 Å². The molecule has 0 fully saturated rings. The average molecular weight is 198 g/mol. The summed E-state index contributed by atoms with van der Waals surface area (Å²) in [6.07, 6.45) is 0. The van der Waals surface area contributed by atoms with E-state index in [-0.39, 0.29) is 12.4 Å². The zero-order valence-electron chi connectivity index (χ0n) is 7.10. The SMILES string of the molecule is CC(C)(C)C(C(=O)O)[N+](=O)[O-].Cl. The van der Waals surface area contributed by atoms with Gasteiger partial charge in [-0.15, -0.1) is 12.4 Å². The fourth-order valence-electron chi connectivity index (χ4n) is 0.777. The van der Waals surface area contributed by atoms with E-state index in [4.69, 9.17) is 5.11 Å². The molecule has 0 rings (SSSR count). The number of halogens is 1. The van der Waals surface area contributed by atoms with Gasteiger partial charge in [0.05, 0.1) is 0 Å². The smallest absolute Gasteiger partial charge is 0.379 e. The fourth-order valence-corrected chi connectivity index (χ4v) is 0.777. The third-order valence-electron chi connectivity index (χ3n) is 1.27. The Hall–Kier alpha value is -0.840. The number of nitro groups is 1. The van der Waals surface area contributed by atoms with E-state index in [9.17, 15) is 14.9 Å². The lowest BCUT2D eigenvalue weighted by molar-refractivity contribution is -0.526. The monoisotopic (exact) mass is 197 g/mol. The lowest BCUT2D eigenvalue weighted by Gasteiger charge is -2.18. The van der Waals surface area contributed by atoms with Crippen molar-refractivity contribution in [3.05, 3.63) is 10.1 Å². The number of carbonyl (C=O) groups is 1. The molecule has 0 aromatic rings. The first kappa shape index (κ1) is 13.7. The number of nitrogens with zero attached hydrogens (tertiary/aromatic N) is 1. The quantitative estimate of drug-likeness (QED) is 0.533. The number of aliphatic carboxylic acids is 1. The number of rotatable bonds is 2. The van der Waals surface area contributed by atoms with Crippen LogP contribution >= 0.6 is 12.4 Å². The molecular formula is C6H12ClNO4. The summed E-state index contributed by atoms with van der Waals surface area (Å²) >= 11 is 0. The molecule has 0 aromatic heterocycles. The Morgan fingerprint density at radius 2 is 1.83 bits per heavy atom. The van der Waals surface area contributed by atoms with Gasteiger partial charge in [0, 0.05) is 10.3 Å². The third kappa shape index (κ3) is 3.52. The van der Waals surface area contributed by atoms with Crippen LogP contribution in [0.4, 0.5) is 0 Å². The van der Waals surface area contributed by atoms with Gasteiger partial charge in [0.15, 0.2) is 0 Å². The summed E-state index contributed by atoms with van der Waals surface area (Å²) in [7, 11) is 0. The summed E-state index contributed by atoms with van der Waals surface area (Å²) in [5.74, 6) is -1.39. The molecule has 1 unspecified atom stereocenters. The van der Waals surface area contributed by atoms with Gasteiger partial charge < -0.3 is 5.11 Å². The molecule has 5 nitrogen and oxygen atoms in total. The molecule has 1 N–H and O–H groups in total. The second-order valence-corrected chi connectivity index (χ2v) is 3.39. The van der Waals surface area contributed by atoms with E-state index in [1.165, 1.54) is 20.8 Å². The molecule has 0 saturated heterocycles. The maximum atomic E-state index is 10.3. The van der Waals surface area contributed by atoms with Gasteiger partial charge in [-0.25, -0.2) is 4.79 Å². The maximum absolute atomic E-state index is 10.3. The Morgan fingerprint density at radius 1 is 1.50 bits per heavy atom. The van der Waals surface area contributed by atoms with Crippen LogP contribution in [0.15, 0.2) is 0 Å². The first-order valence-corrected chi connectivity index (χ1v) is 3.13.